The van der Waals surface area contributed by atoms with Crippen molar-refractivity contribution in [2.24, 2.45) is 5.41 Å². The smallest absolute Gasteiger partial charge is 0.328 e. The second-order valence-corrected chi connectivity index (χ2v) is 5.96. The zero-order chi connectivity index (χ0) is 15.3. The predicted molar refractivity (Wildman–Crippen MR) is 69.6 cm³/mol. The molecule has 0 radical (unpaired) electrons. The lowest BCUT2D eigenvalue weighted by Gasteiger charge is -2.34. The lowest BCUT2D eigenvalue weighted by Crippen LogP contribution is -2.46. The lowest BCUT2D eigenvalue weighted by molar-refractivity contribution is -0.139. The monoisotopic (exact) mass is 271 g/mol. The number of nitrogens with one attached hydrogen (secondary N) is 1. The Hall–Kier alpha value is -1.85. The molecule has 0 atom stereocenters. The van der Waals surface area contributed by atoms with Crippen LogP contribution < -0.4 is 5.32 Å². The van der Waals surface area contributed by atoms with Crippen molar-refractivity contribution < 1.29 is 24.6 Å². The molecule has 0 unspecified atom stereocenters. The van der Waals surface area contributed by atoms with Crippen molar-refractivity contribution in [3.8, 4) is 0 Å². The molecule has 0 saturated carbocycles. The number of rotatable bonds is 7. The van der Waals surface area contributed by atoms with Crippen molar-refractivity contribution in [3.05, 3.63) is 12.2 Å². The van der Waals surface area contributed by atoms with Crippen LogP contribution in [0.1, 0.15) is 40.5 Å². The topological polar surface area (TPSA) is 104 Å². The molecule has 0 aromatic heterocycles. The number of amides is 1. The van der Waals surface area contributed by atoms with Crippen LogP contribution in [-0.4, -0.2) is 33.6 Å². The summed E-state index contributed by atoms with van der Waals surface area (Å²) >= 11 is 0. The highest BCUT2D eigenvalue weighted by atomic mass is 16.4. The average molecular weight is 271 g/mol. The Bertz CT molecular complexity index is 396. The van der Waals surface area contributed by atoms with Crippen molar-refractivity contribution in [2.45, 2.75) is 46.1 Å². The molecule has 1 amide bonds. The second-order valence-electron chi connectivity index (χ2n) is 5.96. The van der Waals surface area contributed by atoms with Crippen LogP contribution in [0.3, 0.4) is 0 Å². The van der Waals surface area contributed by atoms with Crippen LogP contribution in [0.25, 0.3) is 0 Å². The van der Waals surface area contributed by atoms with Gasteiger partial charge in [0.25, 0.3) is 0 Å². The van der Waals surface area contributed by atoms with Gasteiger partial charge < -0.3 is 15.5 Å². The SMILES string of the molecule is CC(C)(CC(=O)O)CC(C)(C)NC(=O)/C=C\C(=O)O. The van der Waals surface area contributed by atoms with Gasteiger partial charge in [-0.3, -0.25) is 9.59 Å². The first-order chi connectivity index (χ1) is 8.43. The van der Waals surface area contributed by atoms with Crippen LogP contribution in [0.5, 0.6) is 0 Å². The summed E-state index contributed by atoms with van der Waals surface area (Å²) in [4.78, 5) is 32.5. The number of hydrogen-bond donors (Lipinski definition) is 3. The summed E-state index contributed by atoms with van der Waals surface area (Å²) < 4.78 is 0. The summed E-state index contributed by atoms with van der Waals surface area (Å²) in [5.41, 5.74) is -1.10. The lowest BCUT2D eigenvalue weighted by atomic mass is 9.77. The Morgan fingerprint density at radius 2 is 1.58 bits per heavy atom. The van der Waals surface area contributed by atoms with E-state index in [4.69, 9.17) is 10.2 Å². The highest BCUT2D eigenvalue weighted by molar-refractivity contribution is 5.94. The van der Waals surface area contributed by atoms with Gasteiger partial charge in [-0.25, -0.2) is 4.79 Å². The minimum atomic E-state index is -1.20. The van der Waals surface area contributed by atoms with E-state index in [1.165, 1.54) is 0 Å². The van der Waals surface area contributed by atoms with Gasteiger partial charge in [-0.1, -0.05) is 13.8 Å². The predicted octanol–water partition coefficient (Wildman–Crippen LogP) is 1.41. The van der Waals surface area contributed by atoms with E-state index in [0.29, 0.717) is 6.42 Å². The third kappa shape index (κ3) is 8.82. The molecular formula is C13H21NO5. The Morgan fingerprint density at radius 1 is 1.05 bits per heavy atom. The third-order valence-electron chi connectivity index (χ3n) is 2.39. The van der Waals surface area contributed by atoms with E-state index in [0.717, 1.165) is 12.2 Å². The normalized spacial score (nSPS) is 12.4. The van der Waals surface area contributed by atoms with E-state index in [2.05, 4.69) is 5.32 Å². The Labute approximate surface area is 112 Å². The van der Waals surface area contributed by atoms with E-state index >= 15 is 0 Å². The van der Waals surface area contributed by atoms with Gasteiger partial charge in [-0.15, -0.1) is 0 Å². The summed E-state index contributed by atoms with van der Waals surface area (Å²) in [6.45, 7) is 7.15. The van der Waals surface area contributed by atoms with E-state index in [1.54, 1.807) is 13.8 Å². The van der Waals surface area contributed by atoms with Crippen molar-refractivity contribution in [2.75, 3.05) is 0 Å². The van der Waals surface area contributed by atoms with Crippen LogP contribution in [0, 0.1) is 5.41 Å². The zero-order valence-electron chi connectivity index (χ0n) is 11.7. The Morgan fingerprint density at radius 3 is 2.00 bits per heavy atom. The van der Waals surface area contributed by atoms with Crippen LogP contribution in [0.15, 0.2) is 12.2 Å². The van der Waals surface area contributed by atoms with Gasteiger partial charge in [0.05, 0.1) is 6.42 Å². The maximum atomic E-state index is 11.5. The van der Waals surface area contributed by atoms with Gasteiger partial charge in [0.1, 0.15) is 0 Å². The number of aliphatic carboxylic acids is 2. The molecule has 19 heavy (non-hydrogen) atoms. The largest absolute Gasteiger partial charge is 0.481 e. The molecule has 0 spiro atoms. The molecule has 6 heteroatoms. The van der Waals surface area contributed by atoms with Gasteiger partial charge in [-0.05, 0) is 25.7 Å². The average Bonchev–Trinajstić information content (AvgIpc) is 2.08. The van der Waals surface area contributed by atoms with Crippen LogP contribution in [-0.2, 0) is 14.4 Å². The van der Waals surface area contributed by atoms with Crippen molar-refractivity contribution in [1.82, 2.24) is 5.32 Å². The van der Waals surface area contributed by atoms with Crippen molar-refractivity contribution in [3.63, 3.8) is 0 Å². The summed E-state index contributed by atoms with van der Waals surface area (Å²) in [6.07, 6.45) is 2.15. The van der Waals surface area contributed by atoms with E-state index in [9.17, 15) is 14.4 Å². The van der Waals surface area contributed by atoms with Crippen LogP contribution >= 0.6 is 0 Å². The van der Waals surface area contributed by atoms with Crippen molar-refractivity contribution >= 4 is 17.8 Å². The molecule has 0 aliphatic carbocycles. The highest BCUT2D eigenvalue weighted by Gasteiger charge is 2.31. The molecule has 0 aliphatic heterocycles. The molecule has 0 fully saturated rings. The summed E-state index contributed by atoms with van der Waals surface area (Å²) in [5, 5.41) is 19.9. The molecule has 3 N–H and O–H groups in total. The quantitative estimate of drug-likeness (QED) is 0.607. The molecule has 0 bridgehead atoms. The number of carbonyl (C=O) groups is 3. The highest BCUT2D eigenvalue weighted by Crippen LogP contribution is 2.31. The summed E-state index contributed by atoms with van der Waals surface area (Å²) in [5.74, 6) is -2.60. The molecule has 0 heterocycles. The van der Waals surface area contributed by atoms with Gasteiger partial charge in [0.15, 0.2) is 0 Å². The van der Waals surface area contributed by atoms with Gasteiger partial charge in [-0.2, -0.15) is 0 Å². The third-order valence-corrected chi connectivity index (χ3v) is 2.39. The van der Waals surface area contributed by atoms with E-state index in [-0.39, 0.29) is 6.42 Å². The first-order valence-electron chi connectivity index (χ1n) is 5.88. The van der Waals surface area contributed by atoms with Crippen LogP contribution in [0.4, 0.5) is 0 Å². The molecule has 0 saturated heterocycles. The Balaban J connectivity index is 4.58. The van der Waals surface area contributed by atoms with Crippen molar-refractivity contribution in [1.29, 1.82) is 0 Å². The number of carboxylic acids is 2. The molecule has 0 rings (SSSR count). The fraction of sp³-hybridized carbons (Fsp3) is 0.615. The number of carbonyl (C=O) groups excluding carboxylic acids is 1. The molecular weight excluding hydrogens is 250 g/mol. The maximum Gasteiger partial charge on any atom is 0.328 e. The summed E-state index contributed by atoms with van der Waals surface area (Å²) in [6, 6.07) is 0. The maximum absolute atomic E-state index is 11.5. The fourth-order valence-electron chi connectivity index (χ4n) is 2.23. The fourth-order valence-corrected chi connectivity index (χ4v) is 2.23. The molecule has 0 aromatic carbocycles. The minimum Gasteiger partial charge on any atom is -0.481 e. The Kier molecular flexibility index (Phi) is 5.74. The molecule has 108 valence electrons. The summed E-state index contributed by atoms with van der Waals surface area (Å²) in [7, 11) is 0. The first kappa shape index (κ1) is 17.2. The molecule has 6 nitrogen and oxygen atoms in total. The van der Waals surface area contributed by atoms with Gasteiger partial charge in [0, 0.05) is 17.7 Å². The second kappa shape index (κ2) is 6.36. The molecule has 0 aromatic rings. The number of carboxylic acid groups (broad SMARTS) is 2. The van der Waals surface area contributed by atoms with E-state index in [1.807, 2.05) is 13.8 Å². The van der Waals surface area contributed by atoms with Gasteiger partial charge in [0.2, 0.25) is 5.91 Å². The zero-order valence-corrected chi connectivity index (χ0v) is 11.7. The van der Waals surface area contributed by atoms with Gasteiger partial charge >= 0.3 is 11.9 Å². The molecule has 0 aliphatic rings. The minimum absolute atomic E-state index is 0.00271. The first-order valence-corrected chi connectivity index (χ1v) is 5.88. The standard InChI is InChI=1S/C13H21NO5/c1-12(2,7-11(18)19)8-13(3,4)14-9(15)5-6-10(16)17/h5-6H,7-8H2,1-4H3,(H,14,15)(H,16,17)(H,18,19)/b6-5-. The van der Waals surface area contributed by atoms with E-state index < -0.39 is 28.8 Å². The number of hydrogen-bond acceptors (Lipinski definition) is 3. The van der Waals surface area contributed by atoms with Crippen LogP contribution in [0.2, 0.25) is 0 Å².